The maximum absolute atomic E-state index is 14.4. The van der Waals surface area contributed by atoms with Crippen LogP contribution in [-0.2, 0) is 10.0 Å². The monoisotopic (exact) mass is 481 g/mol. The normalized spacial score (nSPS) is 24.0. The molecule has 2 aliphatic rings. The Morgan fingerprint density at radius 2 is 1.74 bits per heavy atom. The van der Waals surface area contributed by atoms with E-state index >= 15 is 0 Å². The van der Waals surface area contributed by atoms with Crippen molar-refractivity contribution in [2.75, 3.05) is 26.2 Å². The van der Waals surface area contributed by atoms with E-state index in [1.165, 1.54) is 22.5 Å². The molecular weight excluding hydrogens is 453 g/mol. The van der Waals surface area contributed by atoms with Crippen LogP contribution in [0.25, 0.3) is 11.1 Å². The molecule has 1 aromatic heterocycles. The average Bonchev–Trinajstić information content (AvgIpc) is 2.84. The Balaban J connectivity index is 1.44. The minimum absolute atomic E-state index is 0.00554. The van der Waals surface area contributed by atoms with Gasteiger partial charge in [0.25, 0.3) is 0 Å². The standard InChI is InChI=1S/C26H28FN3O3S/c27-22-7-1-2-8-25(22)34(32,33)29-14-3-4-15-30-23(17-29)26(24(30)18-31)20-11-9-19(10-12-20)21-6-5-13-28-16-21/h1-2,5-13,16,23-24,26,31H,3-4,14-15,17-18H2/t23-,24+,26-/m1/s1. The first-order valence-corrected chi connectivity index (χ1v) is 13.1. The van der Waals surface area contributed by atoms with Crippen LogP contribution in [0.2, 0.25) is 0 Å². The Bertz CT molecular complexity index is 1240. The van der Waals surface area contributed by atoms with Gasteiger partial charge in [0.15, 0.2) is 0 Å². The number of fused-ring (bicyclic) bond motifs is 1. The van der Waals surface area contributed by atoms with Crippen molar-refractivity contribution in [3.63, 3.8) is 0 Å². The highest BCUT2D eigenvalue weighted by molar-refractivity contribution is 7.89. The number of halogens is 1. The van der Waals surface area contributed by atoms with Crippen molar-refractivity contribution in [2.24, 2.45) is 0 Å². The third-order valence-electron chi connectivity index (χ3n) is 7.08. The minimum atomic E-state index is -3.97. The Morgan fingerprint density at radius 1 is 0.971 bits per heavy atom. The smallest absolute Gasteiger partial charge is 0.246 e. The number of hydrogen-bond acceptors (Lipinski definition) is 5. The van der Waals surface area contributed by atoms with Crippen molar-refractivity contribution in [2.45, 2.75) is 35.7 Å². The number of aromatic nitrogens is 1. The molecule has 34 heavy (non-hydrogen) atoms. The molecule has 8 heteroatoms. The summed E-state index contributed by atoms with van der Waals surface area (Å²) in [5.41, 5.74) is 3.14. The molecule has 5 rings (SSSR count). The van der Waals surface area contributed by atoms with E-state index in [-0.39, 0.29) is 36.0 Å². The van der Waals surface area contributed by atoms with Crippen molar-refractivity contribution in [3.8, 4) is 11.1 Å². The number of aliphatic hydroxyl groups excluding tert-OH is 1. The lowest BCUT2D eigenvalue weighted by Crippen LogP contribution is -2.67. The third-order valence-corrected chi connectivity index (χ3v) is 8.98. The summed E-state index contributed by atoms with van der Waals surface area (Å²) in [4.78, 5) is 6.11. The number of benzene rings is 2. The van der Waals surface area contributed by atoms with Crippen molar-refractivity contribution in [1.82, 2.24) is 14.2 Å². The number of hydrogen-bond donors (Lipinski definition) is 1. The quantitative estimate of drug-likeness (QED) is 0.604. The topological polar surface area (TPSA) is 73.7 Å². The molecule has 1 N–H and O–H groups in total. The molecular formula is C26H28FN3O3S. The molecule has 2 aromatic carbocycles. The molecule has 2 saturated heterocycles. The second kappa shape index (κ2) is 9.54. The van der Waals surface area contributed by atoms with Gasteiger partial charge in [0, 0.05) is 43.5 Å². The van der Waals surface area contributed by atoms with Crippen LogP contribution in [0.1, 0.15) is 24.3 Å². The van der Waals surface area contributed by atoms with Crippen LogP contribution in [0.15, 0.2) is 78.0 Å². The molecule has 3 aromatic rings. The fourth-order valence-electron chi connectivity index (χ4n) is 5.35. The van der Waals surface area contributed by atoms with Gasteiger partial charge in [-0.15, -0.1) is 0 Å². The van der Waals surface area contributed by atoms with Crippen LogP contribution >= 0.6 is 0 Å². The number of pyridine rings is 1. The highest BCUT2D eigenvalue weighted by atomic mass is 32.2. The molecule has 178 valence electrons. The summed E-state index contributed by atoms with van der Waals surface area (Å²) < 4.78 is 42.5. The van der Waals surface area contributed by atoms with E-state index in [9.17, 15) is 17.9 Å². The van der Waals surface area contributed by atoms with Gasteiger partial charge in [-0.25, -0.2) is 12.8 Å². The first-order chi connectivity index (χ1) is 16.5. The predicted octanol–water partition coefficient (Wildman–Crippen LogP) is 3.50. The summed E-state index contributed by atoms with van der Waals surface area (Å²) in [6, 6.07) is 17.5. The van der Waals surface area contributed by atoms with Crippen LogP contribution < -0.4 is 0 Å². The van der Waals surface area contributed by atoms with E-state index in [0.717, 1.165) is 29.7 Å². The highest BCUT2D eigenvalue weighted by Crippen LogP contribution is 2.43. The fourth-order valence-corrected chi connectivity index (χ4v) is 6.91. The first kappa shape index (κ1) is 23.1. The third kappa shape index (κ3) is 4.15. The highest BCUT2D eigenvalue weighted by Gasteiger charge is 2.50. The summed E-state index contributed by atoms with van der Waals surface area (Å²) in [7, 11) is -3.97. The maximum atomic E-state index is 14.4. The second-order valence-electron chi connectivity index (χ2n) is 8.95. The van der Waals surface area contributed by atoms with E-state index in [4.69, 9.17) is 0 Å². The van der Waals surface area contributed by atoms with Crippen LogP contribution in [0.3, 0.4) is 0 Å². The number of sulfonamides is 1. The lowest BCUT2D eigenvalue weighted by atomic mass is 9.74. The van der Waals surface area contributed by atoms with Gasteiger partial charge in [0.2, 0.25) is 10.0 Å². The van der Waals surface area contributed by atoms with Crippen molar-refractivity contribution < 1.29 is 17.9 Å². The molecule has 3 atom stereocenters. The largest absolute Gasteiger partial charge is 0.395 e. The van der Waals surface area contributed by atoms with E-state index in [1.807, 2.05) is 30.5 Å². The van der Waals surface area contributed by atoms with Gasteiger partial charge >= 0.3 is 0 Å². The summed E-state index contributed by atoms with van der Waals surface area (Å²) in [5.74, 6) is -0.741. The Kier molecular flexibility index (Phi) is 6.48. The summed E-state index contributed by atoms with van der Waals surface area (Å²) in [6.45, 7) is 1.44. The average molecular weight is 482 g/mol. The van der Waals surface area contributed by atoms with E-state index in [1.54, 1.807) is 12.3 Å². The Labute approximate surface area is 199 Å². The second-order valence-corrected chi connectivity index (χ2v) is 10.9. The van der Waals surface area contributed by atoms with Gasteiger partial charge in [0.05, 0.1) is 6.61 Å². The molecule has 3 heterocycles. The molecule has 0 saturated carbocycles. The molecule has 2 fully saturated rings. The van der Waals surface area contributed by atoms with E-state index in [0.29, 0.717) is 13.0 Å². The molecule has 6 nitrogen and oxygen atoms in total. The zero-order valence-electron chi connectivity index (χ0n) is 18.8. The van der Waals surface area contributed by atoms with Crippen molar-refractivity contribution >= 4 is 10.0 Å². The predicted molar refractivity (Wildman–Crippen MR) is 128 cm³/mol. The molecule has 0 spiro atoms. The van der Waals surface area contributed by atoms with Crippen molar-refractivity contribution in [3.05, 3.63) is 84.4 Å². The zero-order chi connectivity index (χ0) is 23.7. The van der Waals surface area contributed by atoms with Crippen LogP contribution in [-0.4, -0.2) is 66.0 Å². The molecule has 0 amide bonds. The summed E-state index contributed by atoms with van der Waals surface area (Å²) >= 11 is 0. The van der Waals surface area contributed by atoms with Crippen LogP contribution in [0.4, 0.5) is 4.39 Å². The van der Waals surface area contributed by atoms with Crippen LogP contribution in [0, 0.1) is 5.82 Å². The van der Waals surface area contributed by atoms with Gasteiger partial charge in [-0.3, -0.25) is 9.88 Å². The summed E-state index contributed by atoms with van der Waals surface area (Å²) in [6.07, 6.45) is 5.07. The van der Waals surface area contributed by atoms with Gasteiger partial charge in [-0.2, -0.15) is 4.31 Å². The van der Waals surface area contributed by atoms with Gasteiger partial charge in [-0.05, 0) is 54.3 Å². The van der Waals surface area contributed by atoms with Gasteiger partial charge in [-0.1, -0.05) is 42.5 Å². The lowest BCUT2D eigenvalue weighted by molar-refractivity contribution is -0.0554. The van der Waals surface area contributed by atoms with E-state index < -0.39 is 15.8 Å². The minimum Gasteiger partial charge on any atom is -0.395 e. The Hall–Kier alpha value is -2.65. The number of aliphatic hydroxyl groups is 1. The van der Waals surface area contributed by atoms with Gasteiger partial charge in [0.1, 0.15) is 10.7 Å². The van der Waals surface area contributed by atoms with Crippen molar-refractivity contribution in [1.29, 1.82) is 0 Å². The molecule has 0 bridgehead atoms. The molecule has 2 aliphatic heterocycles. The zero-order valence-corrected chi connectivity index (χ0v) is 19.6. The molecule has 0 aliphatic carbocycles. The Morgan fingerprint density at radius 3 is 2.44 bits per heavy atom. The number of nitrogens with zero attached hydrogens (tertiary/aromatic N) is 3. The maximum Gasteiger partial charge on any atom is 0.246 e. The SMILES string of the molecule is O=S(=O)(c1ccccc1F)N1CCCCN2[C@H](C1)[C@@H](c1ccc(-c3cccnc3)cc1)[C@@H]2CO. The fraction of sp³-hybridized carbons (Fsp3) is 0.346. The first-order valence-electron chi connectivity index (χ1n) is 11.6. The van der Waals surface area contributed by atoms with Crippen LogP contribution in [0.5, 0.6) is 0 Å². The lowest BCUT2D eigenvalue weighted by Gasteiger charge is -2.57. The van der Waals surface area contributed by atoms with Gasteiger partial charge < -0.3 is 5.11 Å². The van der Waals surface area contributed by atoms with E-state index in [2.05, 4.69) is 22.0 Å². The number of rotatable bonds is 5. The molecule has 0 unspecified atom stereocenters. The summed E-state index contributed by atoms with van der Waals surface area (Å²) in [5, 5.41) is 10.2. The molecule has 0 radical (unpaired) electrons.